The molecule has 0 aliphatic heterocycles. The van der Waals surface area contributed by atoms with Gasteiger partial charge in [0.25, 0.3) is 0 Å². The number of nitrogens with zero attached hydrogens (tertiary/aromatic N) is 1. The highest BCUT2D eigenvalue weighted by Gasteiger charge is 2.29. The van der Waals surface area contributed by atoms with Gasteiger partial charge in [-0.3, -0.25) is 0 Å². The van der Waals surface area contributed by atoms with Gasteiger partial charge < -0.3 is 4.74 Å². The number of hydrogen-bond donors (Lipinski definition) is 0. The first kappa shape index (κ1) is 23.2. The molecule has 0 atom stereocenters. The first-order chi connectivity index (χ1) is 11.6. The van der Waals surface area contributed by atoms with Crippen molar-refractivity contribution < 1.29 is 4.74 Å². The number of benzene rings is 1. The van der Waals surface area contributed by atoms with Crippen LogP contribution in [0.4, 0.5) is 5.69 Å². The van der Waals surface area contributed by atoms with Crippen molar-refractivity contribution in [3.63, 3.8) is 0 Å². The predicted molar refractivity (Wildman–Crippen MR) is 117 cm³/mol. The Bertz CT molecular complexity index is 678. The molecule has 0 spiro atoms. The molecular formula is C22H35ClNOP. The van der Waals surface area contributed by atoms with Gasteiger partial charge in [0.05, 0.1) is 12.8 Å². The molecule has 0 heterocycles. The molecule has 146 valence electrons. The van der Waals surface area contributed by atoms with Gasteiger partial charge in [0, 0.05) is 13.7 Å². The third-order valence-corrected chi connectivity index (χ3v) is 5.73. The van der Waals surface area contributed by atoms with Crippen LogP contribution in [0.3, 0.4) is 0 Å². The average Bonchev–Trinajstić information content (AvgIpc) is 2.48. The van der Waals surface area contributed by atoms with Crippen LogP contribution in [0.25, 0.3) is 0 Å². The van der Waals surface area contributed by atoms with Gasteiger partial charge in [-0.05, 0) is 51.5 Å². The molecule has 0 amide bonds. The second-order valence-electron chi connectivity index (χ2n) is 9.93. The van der Waals surface area contributed by atoms with Crippen molar-refractivity contribution in [2.45, 2.75) is 85.5 Å². The Kier molecular flexibility index (Phi) is 7.16. The fraction of sp³-hybridized carbons (Fsp3) is 0.636. The monoisotopic (exact) mass is 395 g/mol. The number of hydrogen-bond acceptors (Lipinski definition) is 2. The maximum atomic E-state index is 6.12. The van der Waals surface area contributed by atoms with Crippen molar-refractivity contribution in [1.82, 2.24) is 0 Å². The quantitative estimate of drug-likeness (QED) is 0.371. The highest BCUT2D eigenvalue weighted by atomic mass is 35.5. The summed E-state index contributed by atoms with van der Waals surface area (Å²) in [5.74, 6) is 0. The second-order valence-corrected chi connectivity index (χ2v) is 11.3. The molecule has 0 N–H and O–H groups in total. The predicted octanol–water partition coefficient (Wildman–Crippen LogP) is 8.41. The van der Waals surface area contributed by atoms with E-state index in [1.54, 1.807) is 7.11 Å². The fourth-order valence-electron chi connectivity index (χ4n) is 2.63. The van der Waals surface area contributed by atoms with Crippen LogP contribution in [0.5, 0.6) is 0 Å². The highest BCUT2D eigenvalue weighted by Crippen LogP contribution is 2.44. The summed E-state index contributed by atoms with van der Waals surface area (Å²) in [5, 5.41) is 1.32. The summed E-state index contributed by atoms with van der Waals surface area (Å²) < 4.78 is 10.1. The highest BCUT2D eigenvalue weighted by molar-refractivity contribution is 7.32. The van der Waals surface area contributed by atoms with Gasteiger partial charge in [0.1, 0.15) is 0 Å². The van der Waals surface area contributed by atoms with Crippen molar-refractivity contribution in [3.8, 4) is 0 Å². The lowest BCUT2D eigenvalue weighted by Gasteiger charge is -2.32. The molecule has 0 bridgehead atoms. The molecular weight excluding hydrogens is 361 g/mol. The van der Waals surface area contributed by atoms with Crippen LogP contribution < -0.4 is 0 Å². The van der Waals surface area contributed by atoms with Crippen LogP contribution in [0, 0.1) is 0 Å². The van der Waals surface area contributed by atoms with Crippen LogP contribution in [0.1, 0.15) is 85.9 Å². The van der Waals surface area contributed by atoms with Crippen molar-refractivity contribution in [1.29, 1.82) is 0 Å². The molecule has 0 saturated carbocycles. The van der Waals surface area contributed by atoms with Gasteiger partial charge in [0.2, 0.25) is 0 Å². The van der Waals surface area contributed by atoms with Gasteiger partial charge in [0.15, 0.2) is 5.22 Å². The van der Waals surface area contributed by atoms with Crippen molar-refractivity contribution in [2.75, 3.05) is 7.11 Å². The van der Waals surface area contributed by atoms with E-state index in [4.69, 9.17) is 21.1 Å². The van der Waals surface area contributed by atoms with E-state index in [-0.39, 0.29) is 16.2 Å². The first-order valence-corrected chi connectivity index (χ1v) is 10.3. The molecule has 26 heavy (non-hydrogen) atoms. The second kappa shape index (κ2) is 8.03. The molecule has 0 unspecified atom stereocenters. The minimum atomic E-state index is -0.00170. The fourth-order valence-corrected chi connectivity index (χ4v) is 3.38. The Morgan fingerprint density at radius 3 is 1.62 bits per heavy atom. The topological polar surface area (TPSA) is 21.6 Å². The van der Waals surface area contributed by atoms with Gasteiger partial charge >= 0.3 is 0 Å². The number of rotatable bonds is 3. The Morgan fingerprint density at radius 1 is 0.885 bits per heavy atom. The normalized spacial score (nSPS) is 14.6. The van der Waals surface area contributed by atoms with E-state index in [2.05, 4.69) is 74.4 Å². The molecule has 0 radical (unpaired) electrons. The summed E-state index contributed by atoms with van der Waals surface area (Å²) in [6, 6.07) is 4.67. The van der Waals surface area contributed by atoms with Gasteiger partial charge in [-0.2, -0.15) is 0 Å². The lowest BCUT2D eigenvalue weighted by molar-refractivity contribution is 0.320. The Hall–Kier alpha value is -0.850. The van der Waals surface area contributed by atoms with Crippen LogP contribution in [0.15, 0.2) is 27.4 Å². The number of methoxy groups -OCH3 is 1. The number of allylic oxidation sites excluding steroid dienone is 1. The lowest BCUT2D eigenvalue weighted by Crippen LogP contribution is -2.21. The van der Waals surface area contributed by atoms with Crippen LogP contribution >= 0.6 is 20.0 Å². The summed E-state index contributed by atoms with van der Waals surface area (Å²) in [7, 11) is 2.40. The maximum absolute atomic E-state index is 6.12. The summed E-state index contributed by atoms with van der Waals surface area (Å²) in [6.45, 7) is 22.3. The zero-order valence-electron chi connectivity index (χ0n) is 18.3. The summed E-state index contributed by atoms with van der Waals surface area (Å²) in [5.41, 5.74) is 5.08. The third kappa shape index (κ3) is 5.83. The summed E-state index contributed by atoms with van der Waals surface area (Å²) in [6.07, 6.45) is 0. The molecule has 0 fully saturated rings. The van der Waals surface area contributed by atoms with E-state index in [0.29, 0.717) is 5.22 Å². The van der Waals surface area contributed by atoms with Crippen LogP contribution in [-0.4, -0.2) is 7.11 Å². The largest absolute Gasteiger partial charge is 0.486 e. The zero-order valence-corrected chi connectivity index (χ0v) is 20.0. The molecule has 0 saturated heterocycles. The summed E-state index contributed by atoms with van der Waals surface area (Å²) >= 11 is 6.12. The van der Waals surface area contributed by atoms with Gasteiger partial charge in [-0.25, -0.2) is 4.74 Å². The first-order valence-electron chi connectivity index (χ1n) is 9.10. The van der Waals surface area contributed by atoms with Gasteiger partial charge in [-0.1, -0.05) is 74.4 Å². The Labute approximate surface area is 167 Å². The molecule has 4 heteroatoms. The van der Waals surface area contributed by atoms with Gasteiger partial charge in [-0.15, -0.1) is 0 Å². The molecule has 0 aliphatic carbocycles. The standard InChI is InChI=1S/C22H35ClNOP/c1-14(19(23)25-11)26-24-18-16(21(5,6)7)12-15(20(2,3)4)13-17(18)22(8,9)10/h12-13H,1-11H3/b19-14-. The van der Waals surface area contributed by atoms with E-state index >= 15 is 0 Å². The molecule has 1 aromatic carbocycles. The lowest BCUT2D eigenvalue weighted by atomic mass is 9.74. The van der Waals surface area contributed by atoms with Crippen molar-refractivity contribution in [2.24, 2.45) is 4.74 Å². The smallest absolute Gasteiger partial charge is 0.195 e. The minimum absolute atomic E-state index is 0.00170. The molecule has 0 aliphatic rings. The van der Waals surface area contributed by atoms with E-state index in [9.17, 15) is 0 Å². The average molecular weight is 396 g/mol. The van der Waals surface area contributed by atoms with E-state index in [1.165, 1.54) is 16.7 Å². The van der Waals surface area contributed by atoms with E-state index in [1.807, 2.05) is 6.92 Å². The molecule has 1 rings (SSSR count). The van der Waals surface area contributed by atoms with Crippen molar-refractivity contribution in [3.05, 3.63) is 39.4 Å². The molecule has 2 nitrogen and oxygen atoms in total. The maximum Gasteiger partial charge on any atom is 0.195 e. The van der Waals surface area contributed by atoms with E-state index < -0.39 is 0 Å². The van der Waals surface area contributed by atoms with E-state index in [0.717, 1.165) is 19.4 Å². The van der Waals surface area contributed by atoms with Crippen LogP contribution in [0.2, 0.25) is 0 Å². The van der Waals surface area contributed by atoms with Crippen LogP contribution in [-0.2, 0) is 21.0 Å². The van der Waals surface area contributed by atoms with Crippen molar-refractivity contribution >= 4 is 25.7 Å². The molecule has 0 aromatic heterocycles. The molecule has 1 aromatic rings. The number of ether oxygens (including phenoxy) is 1. The SMILES string of the molecule is CO/C(Cl)=C(/C)P=Nc1c(C(C)(C)C)cc(C(C)(C)C)cc1C(C)(C)C. The third-order valence-electron chi connectivity index (χ3n) is 4.36. The Morgan fingerprint density at radius 2 is 1.31 bits per heavy atom. The Balaban J connectivity index is 3.83. The minimum Gasteiger partial charge on any atom is -0.486 e. The summed E-state index contributed by atoms with van der Waals surface area (Å²) in [4.78, 5) is 0. The number of halogens is 1. The zero-order chi connectivity index (χ0) is 20.5.